The van der Waals surface area contributed by atoms with Crippen LogP contribution in [0, 0.1) is 0 Å². The summed E-state index contributed by atoms with van der Waals surface area (Å²) in [6.07, 6.45) is 49.7. The predicted octanol–water partition coefficient (Wildman–Crippen LogP) is 12.1. The topological polar surface area (TPSA) is 55.8 Å². The van der Waals surface area contributed by atoms with Gasteiger partial charge >= 0.3 is 5.97 Å². The molecule has 0 amide bonds. The summed E-state index contributed by atoms with van der Waals surface area (Å²) in [6.45, 7) is 5.17. The quantitative estimate of drug-likeness (QED) is 0.0437. The summed E-state index contributed by atoms with van der Waals surface area (Å²) in [6, 6.07) is 0. The van der Waals surface area contributed by atoms with E-state index >= 15 is 0 Å². The zero-order chi connectivity index (χ0) is 32.7. The molecule has 0 rings (SSSR count). The predicted molar refractivity (Wildman–Crippen MR) is 196 cm³/mol. The first-order valence-corrected chi connectivity index (χ1v) is 18.9. The van der Waals surface area contributed by atoms with Crippen molar-refractivity contribution in [2.24, 2.45) is 0 Å². The minimum absolute atomic E-state index is 0.185. The number of carbonyl (C=O) groups excluding carboxylic acids is 1. The van der Waals surface area contributed by atoms with E-state index in [1.807, 2.05) is 0 Å². The van der Waals surface area contributed by atoms with E-state index in [9.17, 15) is 9.90 Å². The maximum Gasteiger partial charge on any atom is 0.306 e. The molecule has 0 fully saturated rings. The zero-order valence-corrected chi connectivity index (χ0v) is 29.6. The lowest BCUT2D eigenvalue weighted by atomic mass is 10.1. The summed E-state index contributed by atoms with van der Waals surface area (Å²) >= 11 is 0. The number of aliphatic hydroxyl groups excluding tert-OH is 1. The Bertz CT molecular complexity index is 749. The Hall–Kier alpha value is -1.91. The number of unbranched alkanes of at least 4 members (excludes halogenated alkanes) is 16. The molecule has 0 aliphatic heterocycles. The molecule has 0 radical (unpaired) electrons. The van der Waals surface area contributed by atoms with E-state index in [4.69, 9.17) is 9.47 Å². The van der Waals surface area contributed by atoms with Gasteiger partial charge in [0, 0.05) is 13.0 Å². The number of hydrogen-bond acceptors (Lipinski definition) is 4. The van der Waals surface area contributed by atoms with Gasteiger partial charge in [0.2, 0.25) is 0 Å². The van der Waals surface area contributed by atoms with Crippen LogP contribution >= 0.6 is 0 Å². The number of ether oxygens (including phenoxy) is 2. The molecular formula is C41H72O4. The molecule has 4 heteroatoms. The van der Waals surface area contributed by atoms with E-state index in [-0.39, 0.29) is 19.2 Å². The van der Waals surface area contributed by atoms with Crippen molar-refractivity contribution in [3.8, 4) is 0 Å². The maximum atomic E-state index is 12.1. The van der Waals surface area contributed by atoms with Crippen molar-refractivity contribution in [1.29, 1.82) is 0 Å². The Morgan fingerprint density at radius 1 is 0.556 bits per heavy atom. The number of esters is 1. The van der Waals surface area contributed by atoms with Crippen molar-refractivity contribution in [2.75, 3.05) is 19.8 Å². The lowest BCUT2D eigenvalue weighted by Gasteiger charge is -2.15. The molecular weight excluding hydrogens is 556 g/mol. The highest BCUT2D eigenvalue weighted by atomic mass is 16.6. The molecule has 260 valence electrons. The van der Waals surface area contributed by atoms with Gasteiger partial charge in [-0.15, -0.1) is 0 Å². The highest BCUT2D eigenvalue weighted by Crippen LogP contribution is 2.11. The van der Waals surface area contributed by atoms with Crippen molar-refractivity contribution >= 4 is 5.97 Å². The van der Waals surface area contributed by atoms with E-state index in [0.29, 0.717) is 13.0 Å². The monoisotopic (exact) mass is 629 g/mol. The van der Waals surface area contributed by atoms with E-state index in [0.717, 1.165) is 64.2 Å². The Morgan fingerprint density at radius 2 is 1.00 bits per heavy atom. The van der Waals surface area contributed by atoms with Crippen LogP contribution in [0.15, 0.2) is 60.8 Å². The first-order chi connectivity index (χ1) is 22.2. The van der Waals surface area contributed by atoms with Crippen LogP contribution in [0.5, 0.6) is 0 Å². The summed E-state index contributed by atoms with van der Waals surface area (Å²) in [5, 5.41) is 9.56. The molecule has 0 aromatic heterocycles. The van der Waals surface area contributed by atoms with Gasteiger partial charge in [0.1, 0.15) is 6.10 Å². The molecule has 0 saturated carbocycles. The lowest BCUT2D eigenvalue weighted by Crippen LogP contribution is -2.27. The van der Waals surface area contributed by atoms with Crippen LogP contribution in [-0.2, 0) is 14.3 Å². The van der Waals surface area contributed by atoms with Gasteiger partial charge in [0.15, 0.2) is 0 Å². The van der Waals surface area contributed by atoms with Crippen molar-refractivity contribution in [3.05, 3.63) is 60.8 Å². The van der Waals surface area contributed by atoms with Gasteiger partial charge in [-0.1, -0.05) is 145 Å². The molecule has 4 nitrogen and oxygen atoms in total. The average molecular weight is 629 g/mol. The summed E-state index contributed by atoms with van der Waals surface area (Å²) in [5.74, 6) is -0.219. The van der Waals surface area contributed by atoms with Crippen LogP contribution in [-0.4, -0.2) is 37.0 Å². The minimum Gasteiger partial charge on any atom is -0.457 e. The summed E-state index contributed by atoms with van der Waals surface area (Å²) in [7, 11) is 0. The van der Waals surface area contributed by atoms with E-state index in [1.54, 1.807) is 0 Å². The fourth-order valence-electron chi connectivity index (χ4n) is 5.02. The van der Waals surface area contributed by atoms with E-state index in [1.165, 1.54) is 83.5 Å². The SMILES string of the molecule is CC/C=C\C/C=C\C/C=C\C/C=C\CCCCCCCOCC(CO)OC(=O)CCCCCCC/C=C\CCCCCCCC. The van der Waals surface area contributed by atoms with Gasteiger partial charge < -0.3 is 14.6 Å². The molecule has 0 aliphatic carbocycles. The van der Waals surface area contributed by atoms with Crippen LogP contribution in [0.2, 0.25) is 0 Å². The lowest BCUT2D eigenvalue weighted by molar-refractivity contribution is -0.154. The third kappa shape index (κ3) is 36.4. The second kappa shape index (κ2) is 38.3. The minimum atomic E-state index is -0.549. The molecule has 0 aromatic rings. The number of hydrogen-bond donors (Lipinski definition) is 1. The molecule has 1 atom stereocenters. The number of aliphatic hydroxyl groups is 1. The Morgan fingerprint density at radius 3 is 1.53 bits per heavy atom. The van der Waals surface area contributed by atoms with Crippen LogP contribution in [0.4, 0.5) is 0 Å². The van der Waals surface area contributed by atoms with Crippen LogP contribution in [0.1, 0.15) is 168 Å². The molecule has 1 unspecified atom stereocenters. The average Bonchev–Trinajstić information content (AvgIpc) is 3.05. The molecule has 0 bridgehead atoms. The van der Waals surface area contributed by atoms with Gasteiger partial charge in [-0.05, 0) is 77.0 Å². The van der Waals surface area contributed by atoms with Gasteiger partial charge in [0.25, 0.3) is 0 Å². The van der Waals surface area contributed by atoms with Gasteiger partial charge in [-0.2, -0.15) is 0 Å². The highest BCUT2D eigenvalue weighted by Gasteiger charge is 2.13. The zero-order valence-electron chi connectivity index (χ0n) is 29.6. The fraction of sp³-hybridized carbons (Fsp3) is 0.732. The summed E-state index contributed by atoms with van der Waals surface area (Å²) < 4.78 is 11.1. The van der Waals surface area contributed by atoms with Gasteiger partial charge in [-0.25, -0.2) is 0 Å². The van der Waals surface area contributed by atoms with Crippen molar-refractivity contribution < 1.29 is 19.4 Å². The van der Waals surface area contributed by atoms with Gasteiger partial charge in [-0.3, -0.25) is 4.79 Å². The highest BCUT2D eigenvalue weighted by molar-refractivity contribution is 5.69. The van der Waals surface area contributed by atoms with Crippen molar-refractivity contribution in [1.82, 2.24) is 0 Å². The molecule has 0 heterocycles. The molecule has 0 saturated heterocycles. The summed E-state index contributed by atoms with van der Waals surface area (Å²) in [4.78, 5) is 12.1. The Labute approximate surface area is 279 Å². The molecule has 45 heavy (non-hydrogen) atoms. The van der Waals surface area contributed by atoms with E-state index < -0.39 is 6.10 Å². The number of rotatable bonds is 34. The molecule has 0 aromatic carbocycles. The fourth-order valence-corrected chi connectivity index (χ4v) is 5.02. The van der Waals surface area contributed by atoms with E-state index in [2.05, 4.69) is 74.6 Å². The standard InChI is InChI=1S/C41H72O4/c1-3-5-7-9-11-13-15-17-19-20-21-23-25-27-29-31-33-35-37-44-39-40(38-42)45-41(43)36-34-32-30-28-26-24-22-18-16-14-12-10-8-6-4-2/h5,7,11,13,17-19,21-23,40,42H,3-4,6,8-10,12,14-16,20,24-39H2,1-2H3/b7-5-,13-11-,19-17-,22-18-,23-21-. The third-order valence-electron chi connectivity index (χ3n) is 7.83. The van der Waals surface area contributed by atoms with Crippen LogP contribution in [0.3, 0.4) is 0 Å². The first-order valence-electron chi connectivity index (χ1n) is 18.9. The van der Waals surface area contributed by atoms with Crippen molar-refractivity contribution in [3.63, 3.8) is 0 Å². The maximum absolute atomic E-state index is 12.1. The second-order valence-electron chi connectivity index (χ2n) is 12.3. The molecule has 1 N–H and O–H groups in total. The van der Waals surface area contributed by atoms with Gasteiger partial charge in [0.05, 0.1) is 13.2 Å². The largest absolute Gasteiger partial charge is 0.457 e. The summed E-state index contributed by atoms with van der Waals surface area (Å²) in [5.41, 5.74) is 0. The Kier molecular flexibility index (Phi) is 36.6. The van der Waals surface area contributed by atoms with Crippen LogP contribution in [0.25, 0.3) is 0 Å². The number of carbonyl (C=O) groups is 1. The third-order valence-corrected chi connectivity index (χ3v) is 7.83. The normalized spacial score (nSPS) is 13.0. The second-order valence-corrected chi connectivity index (χ2v) is 12.3. The first kappa shape index (κ1) is 43.1. The number of allylic oxidation sites excluding steroid dienone is 10. The smallest absolute Gasteiger partial charge is 0.306 e. The molecule has 0 aliphatic rings. The van der Waals surface area contributed by atoms with Crippen LogP contribution < -0.4 is 0 Å². The molecule has 0 spiro atoms. The van der Waals surface area contributed by atoms with Crippen molar-refractivity contribution in [2.45, 2.75) is 174 Å². The Balaban J connectivity index is 3.52.